The molecule has 1 atom stereocenters. The van der Waals surface area contributed by atoms with Gasteiger partial charge in [0, 0.05) is 21.1 Å². The molecule has 1 heterocycles. The van der Waals surface area contributed by atoms with Crippen LogP contribution in [0.5, 0.6) is 0 Å². The topological polar surface area (TPSA) is 56.7 Å². The zero-order chi connectivity index (χ0) is 13.0. The number of pyridine rings is 1. The highest BCUT2D eigenvalue weighted by molar-refractivity contribution is 5.80. The molecule has 0 fully saturated rings. The van der Waals surface area contributed by atoms with E-state index in [1.165, 1.54) is 0 Å². The second kappa shape index (κ2) is 5.63. The number of nitrogens with zero attached hydrogens (tertiary/aromatic N) is 3. The van der Waals surface area contributed by atoms with E-state index in [9.17, 15) is 9.90 Å². The number of likely N-dealkylation sites (N-methyl/N-ethyl adjacent to an activating group) is 2. The molecule has 5 nitrogen and oxygen atoms in total. The summed E-state index contributed by atoms with van der Waals surface area (Å²) in [5.41, 5.74) is 1.48. The van der Waals surface area contributed by atoms with Crippen LogP contribution in [0.15, 0.2) is 18.3 Å². The number of hydrogen-bond donors (Lipinski definition) is 1. The van der Waals surface area contributed by atoms with Crippen molar-refractivity contribution < 1.29 is 9.90 Å². The average Bonchev–Trinajstić information content (AvgIpc) is 2.28. The summed E-state index contributed by atoms with van der Waals surface area (Å²) in [6, 6.07) is 3.61. The normalized spacial score (nSPS) is 12.1. The number of carbonyl (C=O) groups is 1. The maximum absolute atomic E-state index is 11.5. The summed E-state index contributed by atoms with van der Waals surface area (Å²) in [5.74, 6) is 0.0344. The molecule has 0 radical (unpaired) electrons. The van der Waals surface area contributed by atoms with Crippen molar-refractivity contribution in [2.75, 3.05) is 32.6 Å². The van der Waals surface area contributed by atoms with Gasteiger partial charge in [-0.15, -0.1) is 0 Å². The summed E-state index contributed by atoms with van der Waals surface area (Å²) in [5, 5.41) is 9.33. The van der Waals surface area contributed by atoms with Gasteiger partial charge in [-0.2, -0.15) is 0 Å². The van der Waals surface area contributed by atoms with E-state index >= 15 is 0 Å². The van der Waals surface area contributed by atoms with Crippen LogP contribution >= 0.6 is 0 Å². The number of amides is 1. The van der Waals surface area contributed by atoms with E-state index in [0.717, 1.165) is 5.69 Å². The Balaban J connectivity index is 2.70. The van der Waals surface area contributed by atoms with Crippen molar-refractivity contribution in [2.24, 2.45) is 0 Å². The van der Waals surface area contributed by atoms with Crippen LogP contribution < -0.4 is 4.90 Å². The van der Waals surface area contributed by atoms with Gasteiger partial charge < -0.3 is 14.9 Å². The zero-order valence-corrected chi connectivity index (χ0v) is 10.7. The van der Waals surface area contributed by atoms with Gasteiger partial charge in [0.05, 0.1) is 30.2 Å². The van der Waals surface area contributed by atoms with E-state index in [1.807, 2.05) is 18.0 Å². The first-order valence-corrected chi connectivity index (χ1v) is 5.47. The van der Waals surface area contributed by atoms with E-state index < -0.39 is 6.10 Å². The highest BCUT2D eigenvalue weighted by Gasteiger charge is 2.10. The minimum atomic E-state index is -0.572. The van der Waals surface area contributed by atoms with Gasteiger partial charge in [0.1, 0.15) is 0 Å². The SMILES string of the molecule is C[C@H](O)c1ccc(N(C)CC(=O)N(C)C)cn1. The molecular weight excluding hydrogens is 218 g/mol. The number of anilines is 1. The van der Waals surface area contributed by atoms with Crippen molar-refractivity contribution in [1.29, 1.82) is 0 Å². The third-order valence-corrected chi connectivity index (χ3v) is 2.51. The number of hydrogen-bond acceptors (Lipinski definition) is 4. The number of aromatic nitrogens is 1. The molecule has 0 saturated carbocycles. The van der Waals surface area contributed by atoms with Crippen molar-refractivity contribution in [1.82, 2.24) is 9.88 Å². The summed E-state index contributed by atoms with van der Waals surface area (Å²) in [6.07, 6.45) is 1.09. The summed E-state index contributed by atoms with van der Waals surface area (Å²) >= 11 is 0. The Hall–Kier alpha value is -1.62. The highest BCUT2D eigenvalue weighted by Crippen LogP contribution is 2.14. The molecule has 1 rings (SSSR count). The molecule has 1 amide bonds. The lowest BCUT2D eigenvalue weighted by Gasteiger charge is -2.20. The van der Waals surface area contributed by atoms with Crippen molar-refractivity contribution in [3.63, 3.8) is 0 Å². The standard InChI is InChI=1S/C12H19N3O2/c1-9(16)11-6-5-10(7-13-11)15(4)8-12(17)14(2)3/h5-7,9,16H,8H2,1-4H3/t9-/m0/s1. The molecule has 0 saturated heterocycles. The lowest BCUT2D eigenvalue weighted by Crippen LogP contribution is -2.34. The molecule has 1 aromatic heterocycles. The van der Waals surface area contributed by atoms with E-state index in [2.05, 4.69) is 4.98 Å². The average molecular weight is 237 g/mol. The first-order valence-electron chi connectivity index (χ1n) is 5.47. The molecule has 0 aliphatic carbocycles. The number of carbonyl (C=O) groups excluding carboxylic acids is 1. The third-order valence-electron chi connectivity index (χ3n) is 2.51. The van der Waals surface area contributed by atoms with E-state index in [4.69, 9.17) is 0 Å². The molecule has 0 bridgehead atoms. The fourth-order valence-corrected chi connectivity index (χ4v) is 1.31. The van der Waals surface area contributed by atoms with Crippen LogP contribution in [0.3, 0.4) is 0 Å². The van der Waals surface area contributed by atoms with Crippen LogP contribution in [0.4, 0.5) is 5.69 Å². The molecule has 0 aliphatic rings. The Morgan fingerprint density at radius 3 is 2.47 bits per heavy atom. The predicted octanol–water partition coefficient (Wildman–Crippen LogP) is 0.659. The van der Waals surface area contributed by atoms with Gasteiger partial charge in [-0.1, -0.05) is 0 Å². The maximum Gasteiger partial charge on any atom is 0.241 e. The van der Waals surface area contributed by atoms with Crippen LogP contribution in [0.2, 0.25) is 0 Å². The molecule has 0 aromatic carbocycles. The molecule has 0 aliphatic heterocycles. The van der Waals surface area contributed by atoms with Gasteiger partial charge in [0.15, 0.2) is 0 Å². The maximum atomic E-state index is 11.5. The molecular formula is C12H19N3O2. The van der Waals surface area contributed by atoms with Crippen molar-refractivity contribution in [3.05, 3.63) is 24.0 Å². The largest absolute Gasteiger partial charge is 0.387 e. The highest BCUT2D eigenvalue weighted by atomic mass is 16.3. The second-order valence-corrected chi connectivity index (χ2v) is 4.26. The second-order valence-electron chi connectivity index (χ2n) is 4.26. The molecule has 1 aromatic rings. The lowest BCUT2D eigenvalue weighted by molar-refractivity contribution is -0.127. The summed E-state index contributed by atoms with van der Waals surface area (Å²) in [7, 11) is 5.29. The minimum Gasteiger partial charge on any atom is -0.387 e. The Morgan fingerprint density at radius 2 is 2.06 bits per heavy atom. The predicted molar refractivity (Wildman–Crippen MR) is 66.8 cm³/mol. The van der Waals surface area contributed by atoms with Crippen molar-refractivity contribution >= 4 is 11.6 Å². The lowest BCUT2D eigenvalue weighted by atomic mass is 10.2. The fourth-order valence-electron chi connectivity index (χ4n) is 1.31. The summed E-state index contributed by atoms with van der Waals surface area (Å²) in [4.78, 5) is 19.0. The zero-order valence-electron chi connectivity index (χ0n) is 10.7. The third kappa shape index (κ3) is 3.71. The first kappa shape index (κ1) is 13.4. The number of aliphatic hydroxyl groups excluding tert-OH is 1. The molecule has 5 heteroatoms. The van der Waals surface area contributed by atoms with Gasteiger partial charge in [0.2, 0.25) is 5.91 Å². The van der Waals surface area contributed by atoms with E-state index in [1.54, 1.807) is 38.2 Å². The number of aliphatic hydroxyl groups is 1. The minimum absolute atomic E-state index is 0.0344. The molecule has 94 valence electrons. The Morgan fingerprint density at radius 1 is 1.41 bits per heavy atom. The van der Waals surface area contributed by atoms with Crippen molar-refractivity contribution in [3.8, 4) is 0 Å². The van der Waals surface area contributed by atoms with Crippen LogP contribution in [-0.2, 0) is 4.79 Å². The van der Waals surface area contributed by atoms with Crippen molar-refractivity contribution in [2.45, 2.75) is 13.0 Å². The molecule has 1 N–H and O–H groups in total. The summed E-state index contributed by atoms with van der Waals surface area (Å²) < 4.78 is 0. The Labute approximate surface area is 102 Å². The van der Waals surface area contributed by atoms with Gasteiger partial charge in [-0.3, -0.25) is 9.78 Å². The number of rotatable bonds is 4. The smallest absolute Gasteiger partial charge is 0.241 e. The Bertz CT molecular complexity index is 374. The molecule has 0 spiro atoms. The van der Waals surface area contributed by atoms with E-state index in [-0.39, 0.29) is 5.91 Å². The quantitative estimate of drug-likeness (QED) is 0.835. The monoisotopic (exact) mass is 237 g/mol. The van der Waals surface area contributed by atoms with Gasteiger partial charge in [-0.25, -0.2) is 0 Å². The summed E-state index contributed by atoms with van der Waals surface area (Å²) in [6.45, 7) is 1.98. The molecule has 0 unspecified atom stereocenters. The van der Waals surface area contributed by atoms with Gasteiger partial charge >= 0.3 is 0 Å². The van der Waals surface area contributed by atoms with Crippen LogP contribution in [0.1, 0.15) is 18.7 Å². The van der Waals surface area contributed by atoms with Crippen LogP contribution in [0, 0.1) is 0 Å². The van der Waals surface area contributed by atoms with E-state index in [0.29, 0.717) is 12.2 Å². The Kier molecular flexibility index (Phi) is 4.45. The van der Waals surface area contributed by atoms with Crippen LogP contribution in [-0.4, -0.2) is 48.6 Å². The van der Waals surface area contributed by atoms with Crippen LogP contribution in [0.25, 0.3) is 0 Å². The first-order chi connectivity index (χ1) is 7.91. The molecule has 17 heavy (non-hydrogen) atoms. The van der Waals surface area contributed by atoms with Gasteiger partial charge in [0.25, 0.3) is 0 Å². The fraction of sp³-hybridized carbons (Fsp3) is 0.500. The van der Waals surface area contributed by atoms with Gasteiger partial charge in [-0.05, 0) is 19.1 Å².